The molecule has 1 atom stereocenters. The molecule has 18 heavy (non-hydrogen) atoms. The largest absolute Gasteiger partial charge is 0.466 e. The fraction of sp³-hybridized carbons (Fsp3) is 0.615. The SMILES string of the molecule is CCOC(=O)[C@@H]1CCCN(Cc2cc(Br)cs2)C1. The molecular formula is C13H18BrNO2S. The predicted octanol–water partition coefficient (Wildman–Crippen LogP) is 3.29. The summed E-state index contributed by atoms with van der Waals surface area (Å²) in [6.07, 6.45) is 2.04. The van der Waals surface area contributed by atoms with Gasteiger partial charge in [0, 0.05) is 27.8 Å². The van der Waals surface area contributed by atoms with Crippen molar-refractivity contribution in [2.75, 3.05) is 19.7 Å². The Bertz CT molecular complexity index is 407. The van der Waals surface area contributed by atoms with Crippen LogP contribution in [0.15, 0.2) is 15.9 Å². The van der Waals surface area contributed by atoms with E-state index in [-0.39, 0.29) is 11.9 Å². The zero-order valence-corrected chi connectivity index (χ0v) is 12.9. The molecule has 2 heterocycles. The second-order valence-corrected chi connectivity index (χ2v) is 6.47. The van der Waals surface area contributed by atoms with E-state index in [1.165, 1.54) is 4.88 Å². The van der Waals surface area contributed by atoms with E-state index in [0.29, 0.717) is 6.61 Å². The Labute approximate surface area is 120 Å². The Morgan fingerprint density at radius 2 is 2.50 bits per heavy atom. The zero-order chi connectivity index (χ0) is 13.0. The zero-order valence-electron chi connectivity index (χ0n) is 10.5. The summed E-state index contributed by atoms with van der Waals surface area (Å²) in [5.74, 6) is 0.0247. The molecule has 0 amide bonds. The van der Waals surface area contributed by atoms with Gasteiger partial charge in [-0.1, -0.05) is 0 Å². The molecule has 3 nitrogen and oxygen atoms in total. The number of halogens is 1. The summed E-state index contributed by atoms with van der Waals surface area (Å²) in [4.78, 5) is 15.4. The van der Waals surface area contributed by atoms with Crippen LogP contribution in [0.3, 0.4) is 0 Å². The van der Waals surface area contributed by atoms with Crippen LogP contribution in [0.5, 0.6) is 0 Å². The minimum absolute atomic E-state index is 0.0328. The molecule has 0 saturated carbocycles. The lowest BCUT2D eigenvalue weighted by molar-refractivity contribution is -0.150. The Hall–Kier alpha value is -0.390. The van der Waals surface area contributed by atoms with Crippen LogP contribution in [0.4, 0.5) is 0 Å². The Morgan fingerprint density at radius 1 is 1.67 bits per heavy atom. The number of carbonyl (C=O) groups is 1. The van der Waals surface area contributed by atoms with Crippen LogP contribution < -0.4 is 0 Å². The lowest BCUT2D eigenvalue weighted by Gasteiger charge is -2.31. The fourth-order valence-corrected chi connectivity index (χ4v) is 3.80. The molecule has 0 radical (unpaired) electrons. The van der Waals surface area contributed by atoms with Crippen molar-refractivity contribution in [1.82, 2.24) is 4.90 Å². The fourth-order valence-electron chi connectivity index (χ4n) is 2.31. The third kappa shape index (κ3) is 3.80. The van der Waals surface area contributed by atoms with Crippen LogP contribution >= 0.6 is 27.3 Å². The highest BCUT2D eigenvalue weighted by Crippen LogP contribution is 2.24. The van der Waals surface area contributed by atoms with Crippen molar-refractivity contribution in [3.05, 3.63) is 20.8 Å². The molecule has 0 spiro atoms. The third-order valence-electron chi connectivity index (χ3n) is 3.13. The van der Waals surface area contributed by atoms with E-state index < -0.39 is 0 Å². The van der Waals surface area contributed by atoms with Crippen LogP contribution in [0.2, 0.25) is 0 Å². The number of carbonyl (C=O) groups excluding carboxylic acids is 1. The maximum Gasteiger partial charge on any atom is 0.310 e. The second-order valence-electron chi connectivity index (χ2n) is 4.56. The summed E-state index contributed by atoms with van der Waals surface area (Å²) in [6.45, 7) is 5.18. The van der Waals surface area contributed by atoms with Gasteiger partial charge in [-0.15, -0.1) is 11.3 Å². The summed E-state index contributed by atoms with van der Waals surface area (Å²) < 4.78 is 6.25. The van der Waals surface area contributed by atoms with Crippen LogP contribution in [0.25, 0.3) is 0 Å². The Morgan fingerprint density at radius 3 is 3.17 bits per heavy atom. The number of esters is 1. The number of nitrogens with zero attached hydrogens (tertiary/aromatic N) is 1. The summed E-state index contributed by atoms with van der Waals surface area (Å²) in [5, 5.41) is 2.10. The van der Waals surface area contributed by atoms with E-state index in [1.54, 1.807) is 11.3 Å². The topological polar surface area (TPSA) is 29.5 Å². The van der Waals surface area contributed by atoms with Gasteiger partial charge < -0.3 is 4.74 Å². The highest BCUT2D eigenvalue weighted by atomic mass is 79.9. The Kier molecular flexibility index (Phi) is 5.21. The number of piperidine rings is 1. The lowest BCUT2D eigenvalue weighted by Crippen LogP contribution is -2.38. The average Bonchev–Trinajstić information content (AvgIpc) is 2.75. The number of hydrogen-bond donors (Lipinski definition) is 0. The molecule has 1 aliphatic heterocycles. The van der Waals surface area contributed by atoms with Crippen LogP contribution in [-0.4, -0.2) is 30.6 Å². The van der Waals surface area contributed by atoms with Crippen molar-refractivity contribution in [2.24, 2.45) is 5.92 Å². The molecule has 0 bridgehead atoms. The van der Waals surface area contributed by atoms with E-state index in [1.807, 2.05) is 6.92 Å². The highest BCUT2D eigenvalue weighted by molar-refractivity contribution is 9.10. The van der Waals surface area contributed by atoms with Gasteiger partial charge in [0.15, 0.2) is 0 Å². The normalized spacial score (nSPS) is 20.9. The molecule has 100 valence electrons. The average molecular weight is 332 g/mol. The van der Waals surface area contributed by atoms with Crippen molar-refractivity contribution >= 4 is 33.2 Å². The number of hydrogen-bond acceptors (Lipinski definition) is 4. The van der Waals surface area contributed by atoms with Crippen LogP contribution in [0, 0.1) is 5.92 Å². The lowest BCUT2D eigenvalue weighted by atomic mass is 9.98. The van der Waals surface area contributed by atoms with Crippen LogP contribution in [-0.2, 0) is 16.1 Å². The summed E-state index contributed by atoms with van der Waals surface area (Å²) >= 11 is 5.23. The Balaban J connectivity index is 1.88. The van der Waals surface area contributed by atoms with Gasteiger partial charge >= 0.3 is 5.97 Å². The molecule has 2 rings (SSSR count). The second kappa shape index (κ2) is 6.68. The molecule has 5 heteroatoms. The molecule has 0 N–H and O–H groups in total. The number of likely N-dealkylation sites (tertiary alicyclic amines) is 1. The summed E-state index contributed by atoms with van der Waals surface area (Å²) in [6, 6.07) is 2.15. The highest BCUT2D eigenvalue weighted by Gasteiger charge is 2.26. The molecule has 1 saturated heterocycles. The van der Waals surface area contributed by atoms with Gasteiger partial charge in [-0.05, 0) is 48.3 Å². The first-order chi connectivity index (χ1) is 8.69. The standard InChI is InChI=1S/C13H18BrNO2S/c1-2-17-13(16)10-4-3-5-15(7-10)8-12-6-11(14)9-18-12/h6,9-10H,2-5,7-8H2,1H3/t10-/m1/s1. The molecule has 0 aromatic carbocycles. The number of thiophene rings is 1. The van der Waals surface area contributed by atoms with Gasteiger partial charge in [-0.3, -0.25) is 9.69 Å². The quantitative estimate of drug-likeness (QED) is 0.793. The van der Waals surface area contributed by atoms with E-state index in [0.717, 1.165) is 36.9 Å². The first-order valence-corrected chi connectivity index (χ1v) is 7.98. The minimum atomic E-state index is -0.0328. The third-order valence-corrected chi connectivity index (χ3v) is 4.81. The number of ether oxygens (including phenoxy) is 1. The van der Waals surface area contributed by atoms with Crippen molar-refractivity contribution in [3.8, 4) is 0 Å². The van der Waals surface area contributed by atoms with Crippen molar-refractivity contribution < 1.29 is 9.53 Å². The smallest absolute Gasteiger partial charge is 0.310 e. The molecule has 0 unspecified atom stereocenters. The van der Waals surface area contributed by atoms with Crippen molar-refractivity contribution in [1.29, 1.82) is 0 Å². The monoisotopic (exact) mass is 331 g/mol. The van der Waals surface area contributed by atoms with E-state index in [4.69, 9.17) is 4.74 Å². The molecule has 1 fully saturated rings. The first-order valence-electron chi connectivity index (χ1n) is 6.31. The van der Waals surface area contributed by atoms with Crippen molar-refractivity contribution in [3.63, 3.8) is 0 Å². The van der Waals surface area contributed by atoms with E-state index in [2.05, 4.69) is 32.3 Å². The minimum Gasteiger partial charge on any atom is -0.466 e. The van der Waals surface area contributed by atoms with Crippen LogP contribution in [0.1, 0.15) is 24.6 Å². The van der Waals surface area contributed by atoms with Gasteiger partial charge in [0.2, 0.25) is 0 Å². The van der Waals surface area contributed by atoms with E-state index >= 15 is 0 Å². The van der Waals surface area contributed by atoms with Gasteiger partial charge in [0.05, 0.1) is 12.5 Å². The number of rotatable bonds is 4. The van der Waals surface area contributed by atoms with Gasteiger partial charge in [-0.2, -0.15) is 0 Å². The molecule has 0 aliphatic carbocycles. The van der Waals surface area contributed by atoms with Gasteiger partial charge in [0.1, 0.15) is 0 Å². The van der Waals surface area contributed by atoms with E-state index in [9.17, 15) is 4.79 Å². The maximum atomic E-state index is 11.7. The predicted molar refractivity (Wildman–Crippen MR) is 76.7 cm³/mol. The molecule has 1 aromatic heterocycles. The summed E-state index contributed by atoms with van der Waals surface area (Å²) in [5.41, 5.74) is 0. The van der Waals surface area contributed by atoms with Gasteiger partial charge in [-0.25, -0.2) is 0 Å². The molecule has 1 aromatic rings. The molecule has 1 aliphatic rings. The first kappa shape index (κ1) is 14.0. The maximum absolute atomic E-state index is 11.7. The van der Waals surface area contributed by atoms with Crippen molar-refractivity contribution in [2.45, 2.75) is 26.3 Å². The van der Waals surface area contributed by atoms with Gasteiger partial charge in [0.25, 0.3) is 0 Å². The summed E-state index contributed by atoms with van der Waals surface area (Å²) in [7, 11) is 0. The molecular weight excluding hydrogens is 314 g/mol.